The van der Waals surface area contributed by atoms with Gasteiger partial charge < -0.3 is 10.2 Å². The van der Waals surface area contributed by atoms with Crippen molar-refractivity contribution in [2.24, 2.45) is 23.2 Å². The third kappa shape index (κ3) is 3.38. The fourth-order valence-electron chi connectivity index (χ4n) is 3.34. The number of nitrogens with zero attached hydrogens (tertiary/aromatic N) is 1. The van der Waals surface area contributed by atoms with E-state index in [1.165, 1.54) is 4.90 Å². The Morgan fingerprint density at radius 1 is 1.18 bits per heavy atom. The van der Waals surface area contributed by atoms with Gasteiger partial charge in [0.2, 0.25) is 11.8 Å². The van der Waals surface area contributed by atoms with Crippen LogP contribution in [0.2, 0.25) is 0 Å². The summed E-state index contributed by atoms with van der Waals surface area (Å²) in [6, 6.07) is 0. The number of hydrogen-bond donors (Lipinski definition) is 1. The summed E-state index contributed by atoms with van der Waals surface area (Å²) in [5.41, 5.74) is -0.218. The van der Waals surface area contributed by atoms with Gasteiger partial charge in [0.25, 0.3) is 0 Å². The number of nitrogens with one attached hydrogen (secondary N) is 1. The number of amides is 2. The Balaban J connectivity index is 2.04. The molecule has 2 aliphatic heterocycles. The van der Waals surface area contributed by atoms with Crippen molar-refractivity contribution in [1.82, 2.24) is 10.2 Å². The van der Waals surface area contributed by atoms with Crippen molar-refractivity contribution in [2.75, 3.05) is 19.6 Å². The molecular weight excluding hydrogens is 297 g/mol. The van der Waals surface area contributed by atoms with Crippen LogP contribution in [-0.2, 0) is 9.59 Å². The van der Waals surface area contributed by atoms with Crippen LogP contribution in [0.5, 0.6) is 0 Å². The molecule has 1 N–H and O–H groups in total. The highest BCUT2D eigenvalue weighted by Crippen LogP contribution is 2.38. The zero-order valence-corrected chi connectivity index (χ0v) is 13.2. The van der Waals surface area contributed by atoms with Gasteiger partial charge in [-0.1, -0.05) is 20.8 Å². The zero-order valence-electron chi connectivity index (χ0n) is 13.2. The number of hydrogen-bond acceptors (Lipinski definition) is 2. The molecule has 4 nitrogen and oxygen atoms in total. The second-order valence-electron chi connectivity index (χ2n) is 7.34. The summed E-state index contributed by atoms with van der Waals surface area (Å²) in [6.45, 7) is 6.49. The maximum atomic E-state index is 12.7. The summed E-state index contributed by atoms with van der Waals surface area (Å²) in [6.07, 6.45) is -4.36. The number of carbonyl (C=O) groups is 2. The second kappa shape index (κ2) is 5.74. The number of halogens is 3. The summed E-state index contributed by atoms with van der Waals surface area (Å²) >= 11 is 0. The number of carbonyl (C=O) groups excluding carboxylic acids is 2. The van der Waals surface area contributed by atoms with Crippen LogP contribution in [0.4, 0.5) is 13.2 Å². The normalized spacial score (nSPS) is 27.9. The number of rotatable bonds is 1. The van der Waals surface area contributed by atoms with Crippen LogP contribution >= 0.6 is 0 Å². The van der Waals surface area contributed by atoms with Crippen molar-refractivity contribution in [3.8, 4) is 0 Å². The van der Waals surface area contributed by atoms with Crippen molar-refractivity contribution < 1.29 is 22.8 Å². The Labute approximate surface area is 128 Å². The molecule has 0 aromatic carbocycles. The minimum atomic E-state index is -4.20. The molecule has 0 aromatic heterocycles. The van der Waals surface area contributed by atoms with E-state index < -0.39 is 18.0 Å². The standard InChI is InChI=1S/C15H23F3N2O2/c1-14(2,3)10-8-19-12(21)11(10)13(22)20-6-4-9(5-7-20)15(16,17)18/h9-11H,4-8H2,1-3H3,(H,19,21)/t10-,11-/m0/s1. The van der Waals surface area contributed by atoms with Crippen LogP contribution < -0.4 is 5.32 Å². The van der Waals surface area contributed by atoms with Crippen molar-refractivity contribution >= 4 is 11.8 Å². The lowest BCUT2D eigenvalue weighted by atomic mass is 9.74. The van der Waals surface area contributed by atoms with Gasteiger partial charge >= 0.3 is 6.18 Å². The molecule has 2 rings (SSSR count). The summed E-state index contributed by atoms with van der Waals surface area (Å²) in [5, 5.41) is 2.71. The van der Waals surface area contributed by atoms with E-state index in [4.69, 9.17) is 0 Å². The third-order valence-corrected chi connectivity index (χ3v) is 4.83. The molecule has 0 saturated carbocycles. The molecule has 0 bridgehead atoms. The van der Waals surface area contributed by atoms with Crippen LogP contribution in [0, 0.1) is 23.2 Å². The van der Waals surface area contributed by atoms with Crippen LogP contribution in [0.15, 0.2) is 0 Å². The fourth-order valence-corrected chi connectivity index (χ4v) is 3.34. The van der Waals surface area contributed by atoms with Gasteiger partial charge in [0.05, 0.1) is 5.92 Å². The Kier molecular flexibility index (Phi) is 4.46. The Hall–Kier alpha value is -1.27. The monoisotopic (exact) mass is 320 g/mol. The molecule has 126 valence electrons. The molecule has 0 aliphatic carbocycles. The van der Waals surface area contributed by atoms with Gasteiger partial charge in [0.1, 0.15) is 5.92 Å². The van der Waals surface area contributed by atoms with Crippen LogP contribution in [0.1, 0.15) is 33.6 Å². The van der Waals surface area contributed by atoms with E-state index in [1.54, 1.807) is 0 Å². The van der Waals surface area contributed by atoms with Crippen LogP contribution in [0.25, 0.3) is 0 Å². The Morgan fingerprint density at radius 3 is 2.18 bits per heavy atom. The quantitative estimate of drug-likeness (QED) is 0.753. The molecule has 0 unspecified atom stereocenters. The molecular formula is C15H23F3N2O2. The molecule has 2 aliphatic rings. The first-order valence-corrected chi connectivity index (χ1v) is 7.65. The molecule has 2 amide bonds. The molecule has 0 spiro atoms. The van der Waals surface area contributed by atoms with Gasteiger partial charge in [0.15, 0.2) is 0 Å². The zero-order chi connectivity index (χ0) is 16.7. The first kappa shape index (κ1) is 17.1. The molecule has 2 fully saturated rings. The lowest BCUT2D eigenvalue weighted by molar-refractivity contribution is -0.187. The maximum Gasteiger partial charge on any atom is 0.391 e. The van der Waals surface area contributed by atoms with Gasteiger partial charge in [-0.15, -0.1) is 0 Å². The minimum absolute atomic E-state index is 0.0731. The predicted molar refractivity (Wildman–Crippen MR) is 74.8 cm³/mol. The topological polar surface area (TPSA) is 49.4 Å². The molecule has 22 heavy (non-hydrogen) atoms. The Bertz CT molecular complexity index is 449. The average molecular weight is 320 g/mol. The maximum absolute atomic E-state index is 12.7. The SMILES string of the molecule is CC(C)(C)[C@H]1CNC(=O)[C@H]1C(=O)N1CCC(C(F)(F)F)CC1. The van der Waals surface area contributed by atoms with E-state index in [9.17, 15) is 22.8 Å². The summed E-state index contributed by atoms with van der Waals surface area (Å²) in [4.78, 5) is 26.0. The van der Waals surface area contributed by atoms with Gasteiger partial charge in [0, 0.05) is 25.6 Å². The fraction of sp³-hybridized carbons (Fsp3) is 0.867. The van der Waals surface area contributed by atoms with Crippen molar-refractivity contribution in [2.45, 2.75) is 39.8 Å². The predicted octanol–water partition coefficient (Wildman–Crippen LogP) is 2.20. The first-order chi connectivity index (χ1) is 10.0. The average Bonchev–Trinajstić information content (AvgIpc) is 2.79. The highest BCUT2D eigenvalue weighted by molar-refractivity contribution is 6.02. The van der Waals surface area contributed by atoms with E-state index >= 15 is 0 Å². The summed E-state index contributed by atoms with van der Waals surface area (Å²) < 4.78 is 38.0. The van der Waals surface area contributed by atoms with Crippen LogP contribution in [0.3, 0.4) is 0 Å². The van der Waals surface area contributed by atoms with Gasteiger partial charge in [-0.05, 0) is 18.3 Å². The van der Waals surface area contributed by atoms with Crippen molar-refractivity contribution in [1.29, 1.82) is 0 Å². The summed E-state index contributed by atoms with van der Waals surface area (Å²) in [7, 11) is 0. The van der Waals surface area contributed by atoms with E-state index in [2.05, 4.69) is 5.32 Å². The number of alkyl halides is 3. The van der Waals surface area contributed by atoms with Crippen molar-refractivity contribution in [3.05, 3.63) is 0 Å². The molecule has 2 heterocycles. The highest BCUT2D eigenvalue weighted by Gasteiger charge is 2.48. The van der Waals surface area contributed by atoms with Gasteiger partial charge in [-0.3, -0.25) is 9.59 Å². The number of likely N-dealkylation sites (tertiary alicyclic amines) is 1. The van der Waals surface area contributed by atoms with Gasteiger partial charge in [-0.25, -0.2) is 0 Å². The molecule has 7 heteroatoms. The smallest absolute Gasteiger partial charge is 0.355 e. The Morgan fingerprint density at radius 2 is 1.73 bits per heavy atom. The second-order valence-corrected chi connectivity index (χ2v) is 7.34. The molecule has 2 saturated heterocycles. The van der Waals surface area contributed by atoms with Crippen LogP contribution in [-0.4, -0.2) is 42.5 Å². The van der Waals surface area contributed by atoms with Crippen molar-refractivity contribution in [3.63, 3.8) is 0 Å². The van der Waals surface area contributed by atoms with Gasteiger partial charge in [-0.2, -0.15) is 13.2 Å². The highest BCUT2D eigenvalue weighted by atomic mass is 19.4. The number of piperidine rings is 1. The molecule has 2 atom stereocenters. The van der Waals surface area contributed by atoms with E-state index in [0.717, 1.165) is 0 Å². The minimum Gasteiger partial charge on any atom is -0.355 e. The van der Waals surface area contributed by atoms with E-state index in [0.29, 0.717) is 6.54 Å². The van der Waals surface area contributed by atoms with E-state index in [1.807, 2.05) is 20.8 Å². The molecule has 0 aromatic rings. The lowest BCUT2D eigenvalue weighted by Crippen LogP contribution is -2.48. The molecule has 0 radical (unpaired) electrons. The van der Waals surface area contributed by atoms with E-state index in [-0.39, 0.29) is 49.1 Å². The lowest BCUT2D eigenvalue weighted by Gasteiger charge is -2.36. The third-order valence-electron chi connectivity index (χ3n) is 4.83. The largest absolute Gasteiger partial charge is 0.391 e. The summed E-state index contributed by atoms with van der Waals surface area (Å²) in [5.74, 6) is -2.87. The first-order valence-electron chi connectivity index (χ1n) is 7.65.